The molecule has 0 saturated heterocycles. The van der Waals surface area contributed by atoms with E-state index in [-0.39, 0.29) is 12.4 Å². The van der Waals surface area contributed by atoms with E-state index in [2.05, 4.69) is 25.0 Å². The van der Waals surface area contributed by atoms with Gasteiger partial charge in [0, 0.05) is 22.8 Å². The largest absolute Gasteiger partial charge is 1.00 e. The first-order valence-corrected chi connectivity index (χ1v) is 12.2. The van der Waals surface area contributed by atoms with Crippen molar-refractivity contribution in [1.29, 1.82) is 5.26 Å². The fraction of sp³-hybridized carbons (Fsp3) is 0.292. The molecule has 2 aromatic carbocycles. The molecule has 0 unspecified atom stereocenters. The molecule has 7 heteroatoms. The minimum absolute atomic E-state index is 0. The SMILES string of the molecule is CC[N+](CC)(CC#N)CCNP1(=O)C=C(c2ccccc2)OC(c2ccccc2)=C1.[Cl-]. The van der Waals surface area contributed by atoms with Crippen LogP contribution in [0.5, 0.6) is 0 Å². The van der Waals surface area contributed by atoms with Gasteiger partial charge in [0.25, 0.3) is 0 Å². The molecule has 0 atom stereocenters. The maximum Gasteiger partial charge on any atom is 0.198 e. The van der Waals surface area contributed by atoms with E-state index in [1.54, 1.807) is 11.6 Å². The number of benzene rings is 2. The lowest BCUT2D eigenvalue weighted by atomic mass is 10.2. The van der Waals surface area contributed by atoms with Crippen LogP contribution >= 0.6 is 7.29 Å². The Kier molecular flexibility index (Phi) is 9.10. The molecule has 0 fully saturated rings. The zero-order valence-corrected chi connectivity index (χ0v) is 19.7. The van der Waals surface area contributed by atoms with Gasteiger partial charge in [0.15, 0.2) is 13.8 Å². The van der Waals surface area contributed by atoms with Gasteiger partial charge < -0.3 is 21.6 Å². The van der Waals surface area contributed by atoms with E-state index in [0.29, 0.717) is 29.1 Å². The third kappa shape index (κ3) is 6.32. The van der Waals surface area contributed by atoms with Crippen LogP contribution in [0.1, 0.15) is 25.0 Å². The van der Waals surface area contributed by atoms with Gasteiger partial charge in [0.1, 0.15) is 17.6 Å². The van der Waals surface area contributed by atoms with Crippen LogP contribution in [0.15, 0.2) is 72.3 Å². The second-order valence-corrected chi connectivity index (χ2v) is 9.70. The fourth-order valence-corrected chi connectivity index (χ4v) is 5.38. The van der Waals surface area contributed by atoms with Gasteiger partial charge in [-0.15, -0.1) is 0 Å². The first-order valence-electron chi connectivity index (χ1n) is 10.3. The van der Waals surface area contributed by atoms with Crippen molar-refractivity contribution >= 4 is 18.8 Å². The van der Waals surface area contributed by atoms with E-state index in [0.717, 1.165) is 30.8 Å². The standard InChI is InChI=1S/C24H29N3O2P.ClH/c1-3-27(4-2,17-15-25)18-16-26-30(28)19-23(21-11-7-5-8-12-21)29-24(20-30)22-13-9-6-10-14-22;/h5-14,19-20H,3-4,16-18H2,1-2H3,(H,26,28);1H/q+1;/p-1. The maximum atomic E-state index is 13.8. The summed E-state index contributed by atoms with van der Waals surface area (Å²) in [5.41, 5.74) is 1.77. The highest BCUT2D eigenvalue weighted by molar-refractivity contribution is 7.68. The number of nitrogens with zero attached hydrogens (tertiary/aromatic N) is 2. The van der Waals surface area contributed by atoms with Crippen LogP contribution in [-0.2, 0) is 9.30 Å². The Morgan fingerprint density at radius 1 is 0.935 bits per heavy atom. The molecule has 0 saturated carbocycles. The van der Waals surface area contributed by atoms with Crippen molar-refractivity contribution in [3.63, 3.8) is 0 Å². The smallest absolute Gasteiger partial charge is 0.198 e. The van der Waals surface area contributed by atoms with Crippen molar-refractivity contribution in [3.05, 3.63) is 83.4 Å². The Hall–Kier alpha value is -2.35. The van der Waals surface area contributed by atoms with Crippen LogP contribution in [0.25, 0.3) is 11.5 Å². The lowest BCUT2D eigenvalue weighted by Crippen LogP contribution is -3.00. The van der Waals surface area contributed by atoms with Crippen LogP contribution in [-0.4, -0.2) is 37.2 Å². The minimum atomic E-state index is -2.97. The van der Waals surface area contributed by atoms with E-state index in [1.165, 1.54) is 0 Å². The highest BCUT2D eigenvalue weighted by atomic mass is 35.5. The number of likely N-dealkylation sites (N-methyl/N-ethyl adjacent to an activating group) is 1. The highest BCUT2D eigenvalue weighted by Crippen LogP contribution is 2.53. The molecule has 5 nitrogen and oxygen atoms in total. The number of ether oxygens (including phenoxy) is 1. The lowest BCUT2D eigenvalue weighted by molar-refractivity contribution is -0.917. The molecule has 164 valence electrons. The summed E-state index contributed by atoms with van der Waals surface area (Å²) in [6.45, 7) is 7.69. The Labute approximate surface area is 191 Å². The second kappa shape index (κ2) is 11.3. The molecule has 0 radical (unpaired) electrons. The van der Waals surface area contributed by atoms with Gasteiger partial charge in [0.05, 0.1) is 26.2 Å². The molecule has 1 aliphatic heterocycles. The molecule has 0 amide bonds. The van der Waals surface area contributed by atoms with E-state index in [9.17, 15) is 9.83 Å². The van der Waals surface area contributed by atoms with Crippen LogP contribution < -0.4 is 17.5 Å². The molecule has 0 aliphatic carbocycles. The van der Waals surface area contributed by atoms with Crippen molar-refractivity contribution < 1.29 is 26.2 Å². The summed E-state index contributed by atoms with van der Waals surface area (Å²) in [5, 5.41) is 12.5. The normalized spacial score (nSPS) is 15.0. The summed E-state index contributed by atoms with van der Waals surface area (Å²) in [5.74, 6) is 4.62. The van der Waals surface area contributed by atoms with Crippen molar-refractivity contribution in [1.82, 2.24) is 5.09 Å². The van der Waals surface area contributed by atoms with Gasteiger partial charge in [-0.25, -0.2) is 0 Å². The zero-order valence-electron chi connectivity index (χ0n) is 18.0. The van der Waals surface area contributed by atoms with Gasteiger partial charge in [0.2, 0.25) is 0 Å². The first kappa shape index (κ1) is 24.9. The van der Waals surface area contributed by atoms with Gasteiger partial charge >= 0.3 is 0 Å². The zero-order chi connectivity index (χ0) is 21.5. The maximum absolute atomic E-state index is 13.8. The Balaban J connectivity index is 0.00000341. The Morgan fingerprint density at radius 2 is 1.42 bits per heavy atom. The summed E-state index contributed by atoms with van der Waals surface area (Å²) in [6, 6.07) is 21.8. The van der Waals surface area contributed by atoms with Gasteiger partial charge in [-0.2, -0.15) is 5.26 Å². The average molecular weight is 458 g/mol. The summed E-state index contributed by atoms with van der Waals surface area (Å²) in [7, 11) is -2.97. The topological polar surface area (TPSA) is 62.1 Å². The van der Waals surface area contributed by atoms with E-state index in [4.69, 9.17) is 4.74 Å². The van der Waals surface area contributed by atoms with Crippen molar-refractivity contribution in [3.8, 4) is 6.07 Å². The lowest BCUT2D eigenvalue weighted by Gasteiger charge is -2.35. The third-order valence-electron chi connectivity index (χ3n) is 5.65. The predicted octanol–water partition coefficient (Wildman–Crippen LogP) is 2.27. The van der Waals surface area contributed by atoms with Crippen LogP contribution in [0, 0.1) is 11.3 Å². The molecular formula is C24H29ClN3O2P. The summed E-state index contributed by atoms with van der Waals surface area (Å²) < 4.78 is 20.6. The molecular weight excluding hydrogens is 429 g/mol. The number of quaternary nitrogens is 1. The average Bonchev–Trinajstić information content (AvgIpc) is 2.79. The highest BCUT2D eigenvalue weighted by Gasteiger charge is 2.28. The molecule has 31 heavy (non-hydrogen) atoms. The number of nitrogens with one attached hydrogen (secondary N) is 1. The first-order chi connectivity index (χ1) is 14.5. The number of hydrogen-bond donors (Lipinski definition) is 1. The molecule has 0 aromatic heterocycles. The van der Waals surface area contributed by atoms with Crippen LogP contribution in [0.3, 0.4) is 0 Å². The van der Waals surface area contributed by atoms with Crippen molar-refractivity contribution in [2.45, 2.75) is 13.8 Å². The second-order valence-electron chi connectivity index (χ2n) is 7.45. The molecule has 3 rings (SSSR count). The molecule has 0 spiro atoms. The van der Waals surface area contributed by atoms with Crippen molar-refractivity contribution in [2.24, 2.45) is 0 Å². The summed E-state index contributed by atoms with van der Waals surface area (Å²) in [4.78, 5) is 0. The monoisotopic (exact) mass is 457 g/mol. The quantitative estimate of drug-likeness (QED) is 0.356. The van der Waals surface area contributed by atoms with E-state index >= 15 is 0 Å². The number of rotatable bonds is 9. The van der Waals surface area contributed by atoms with E-state index < -0.39 is 7.29 Å². The minimum Gasteiger partial charge on any atom is -1.00 e. The molecule has 0 bridgehead atoms. The summed E-state index contributed by atoms with van der Waals surface area (Å²) in [6.07, 6.45) is 0. The van der Waals surface area contributed by atoms with E-state index in [1.807, 2.05) is 60.7 Å². The molecule has 1 heterocycles. The Morgan fingerprint density at radius 3 is 1.84 bits per heavy atom. The summed E-state index contributed by atoms with van der Waals surface area (Å²) >= 11 is 0. The van der Waals surface area contributed by atoms with Crippen molar-refractivity contribution in [2.75, 3.05) is 32.7 Å². The van der Waals surface area contributed by atoms with Crippen LogP contribution in [0.4, 0.5) is 0 Å². The predicted molar refractivity (Wildman–Crippen MR) is 122 cm³/mol. The number of halogens is 1. The molecule has 1 aliphatic rings. The van der Waals surface area contributed by atoms with Gasteiger partial charge in [-0.3, -0.25) is 9.65 Å². The van der Waals surface area contributed by atoms with Crippen LogP contribution in [0.2, 0.25) is 0 Å². The third-order valence-corrected chi connectivity index (χ3v) is 7.60. The molecule has 1 N–H and O–H groups in total. The fourth-order valence-electron chi connectivity index (χ4n) is 3.57. The Bertz CT molecular complexity index is 937. The van der Waals surface area contributed by atoms with Gasteiger partial charge in [-0.1, -0.05) is 60.7 Å². The number of nitriles is 1. The molecule has 2 aromatic rings. The van der Waals surface area contributed by atoms with Gasteiger partial charge in [-0.05, 0) is 13.8 Å². The number of hydrogen-bond acceptors (Lipinski definition) is 3.